The third kappa shape index (κ3) is 3.26. The molecule has 96 valence electrons. The quantitative estimate of drug-likeness (QED) is 0.838. The molecule has 3 heteroatoms. The maximum Gasteiger partial charge on any atom is 0.120 e. The van der Waals surface area contributed by atoms with Crippen LogP contribution in [0.1, 0.15) is 16.7 Å². The van der Waals surface area contributed by atoms with E-state index in [4.69, 9.17) is 14.7 Å². The molecule has 0 unspecified atom stereocenters. The smallest absolute Gasteiger partial charge is 0.120 e. The van der Waals surface area contributed by atoms with Crippen LogP contribution < -0.4 is 9.47 Å². The lowest BCUT2D eigenvalue weighted by atomic mass is 10.1. The Morgan fingerprint density at radius 3 is 2.32 bits per heavy atom. The van der Waals surface area contributed by atoms with Crippen LogP contribution in [0, 0.1) is 18.3 Å². The van der Waals surface area contributed by atoms with Gasteiger partial charge in [-0.2, -0.15) is 5.26 Å². The largest absolute Gasteiger partial charge is 0.497 e. The first-order chi connectivity index (χ1) is 9.22. The summed E-state index contributed by atoms with van der Waals surface area (Å²) < 4.78 is 10.8. The Kier molecular flexibility index (Phi) is 4.04. The number of hydrogen-bond acceptors (Lipinski definition) is 3. The summed E-state index contributed by atoms with van der Waals surface area (Å²) >= 11 is 0. The summed E-state index contributed by atoms with van der Waals surface area (Å²) in [5.41, 5.74) is 2.68. The first-order valence-corrected chi connectivity index (χ1v) is 5.99. The summed E-state index contributed by atoms with van der Waals surface area (Å²) in [4.78, 5) is 0. The first-order valence-electron chi connectivity index (χ1n) is 5.99. The molecule has 0 saturated carbocycles. The molecule has 19 heavy (non-hydrogen) atoms. The van der Waals surface area contributed by atoms with Crippen molar-refractivity contribution in [3.8, 4) is 17.6 Å². The third-order valence-corrected chi connectivity index (χ3v) is 2.88. The lowest BCUT2D eigenvalue weighted by Gasteiger charge is -2.08. The monoisotopic (exact) mass is 253 g/mol. The first kappa shape index (κ1) is 13.0. The second-order valence-corrected chi connectivity index (χ2v) is 4.23. The van der Waals surface area contributed by atoms with Crippen molar-refractivity contribution in [3.63, 3.8) is 0 Å². The van der Waals surface area contributed by atoms with Crippen LogP contribution in [0.5, 0.6) is 11.5 Å². The maximum absolute atomic E-state index is 8.86. The zero-order valence-electron chi connectivity index (χ0n) is 11.0. The number of rotatable bonds is 4. The van der Waals surface area contributed by atoms with Gasteiger partial charge in [0.05, 0.1) is 18.7 Å². The van der Waals surface area contributed by atoms with Crippen molar-refractivity contribution in [2.24, 2.45) is 0 Å². The zero-order chi connectivity index (χ0) is 13.7. The fourth-order valence-corrected chi connectivity index (χ4v) is 1.74. The standard InChI is InChI=1S/C16H15NO2/c1-12-9-16(8-5-14(12)10-17)19-11-13-3-6-15(18-2)7-4-13/h3-9H,11H2,1-2H3. The van der Waals surface area contributed by atoms with Gasteiger partial charge >= 0.3 is 0 Å². The van der Waals surface area contributed by atoms with Gasteiger partial charge in [-0.25, -0.2) is 0 Å². The van der Waals surface area contributed by atoms with E-state index in [1.807, 2.05) is 43.3 Å². The number of nitrogens with zero attached hydrogens (tertiary/aromatic N) is 1. The van der Waals surface area contributed by atoms with Crippen LogP contribution in [0.3, 0.4) is 0 Å². The molecule has 0 aliphatic rings. The van der Waals surface area contributed by atoms with E-state index in [2.05, 4.69) is 6.07 Å². The summed E-state index contributed by atoms with van der Waals surface area (Å²) in [5, 5.41) is 8.86. The molecule has 2 aromatic carbocycles. The van der Waals surface area contributed by atoms with Crippen LogP contribution in [0.2, 0.25) is 0 Å². The van der Waals surface area contributed by atoms with Crippen molar-refractivity contribution in [1.82, 2.24) is 0 Å². The molecular formula is C16H15NO2. The van der Waals surface area contributed by atoms with Gasteiger partial charge in [0.1, 0.15) is 18.1 Å². The number of methoxy groups -OCH3 is 1. The molecule has 0 aromatic heterocycles. The molecule has 3 nitrogen and oxygen atoms in total. The summed E-state index contributed by atoms with van der Waals surface area (Å²) in [5.74, 6) is 1.60. The Hall–Kier alpha value is -2.47. The van der Waals surface area contributed by atoms with Gasteiger partial charge in [0.15, 0.2) is 0 Å². The Morgan fingerprint density at radius 1 is 1.05 bits per heavy atom. The van der Waals surface area contributed by atoms with Crippen LogP contribution in [0.25, 0.3) is 0 Å². The number of ether oxygens (including phenoxy) is 2. The van der Waals surface area contributed by atoms with E-state index >= 15 is 0 Å². The minimum absolute atomic E-state index is 0.495. The van der Waals surface area contributed by atoms with Gasteiger partial charge in [0, 0.05) is 0 Å². The van der Waals surface area contributed by atoms with Crippen LogP contribution in [-0.2, 0) is 6.61 Å². The molecule has 0 amide bonds. The Balaban J connectivity index is 2.02. The van der Waals surface area contributed by atoms with E-state index in [0.717, 1.165) is 22.6 Å². The fraction of sp³-hybridized carbons (Fsp3) is 0.188. The normalized spacial score (nSPS) is 9.74. The summed E-state index contributed by atoms with van der Waals surface area (Å²) in [6.45, 7) is 2.40. The van der Waals surface area contributed by atoms with Gasteiger partial charge in [-0.1, -0.05) is 12.1 Å². The predicted octanol–water partition coefficient (Wildman–Crippen LogP) is 3.45. The van der Waals surface area contributed by atoms with Crippen molar-refractivity contribution in [2.75, 3.05) is 7.11 Å². The van der Waals surface area contributed by atoms with Gasteiger partial charge < -0.3 is 9.47 Å². The summed E-state index contributed by atoms with van der Waals surface area (Å²) in [6, 6.07) is 15.4. The van der Waals surface area contributed by atoms with Crippen LogP contribution in [-0.4, -0.2) is 7.11 Å². The molecule has 0 saturated heterocycles. The maximum atomic E-state index is 8.86. The number of nitriles is 1. The molecule has 0 bridgehead atoms. The minimum atomic E-state index is 0.495. The third-order valence-electron chi connectivity index (χ3n) is 2.88. The average molecular weight is 253 g/mol. The van der Waals surface area contributed by atoms with Crippen molar-refractivity contribution < 1.29 is 9.47 Å². The number of aryl methyl sites for hydroxylation is 1. The molecule has 0 aliphatic carbocycles. The van der Waals surface area contributed by atoms with Crippen LogP contribution in [0.4, 0.5) is 0 Å². The molecule has 2 aromatic rings. The highest BCUT2D eigenvalue weighted by Crippen LogP contribution is 2.18. The molecule has 0 radical (unpaired) electrons. The van der Waals surface area contributed by atoms with E-state index in [-0.39, 0.29) is 0 Å². The van der Waals surface area contributed by atoms with E-state index in [1.165, 1.54) is 0 Å². The van der Waals surface area contributed by atoms with Crippen molar-refractivity contribution in [3.05, 3.63) is 59.2 Å². The van der Waals surface area contributed by atoms with Crippen molar-refractivity contribution >= 4 is 0 Å². The van der Waals surface area contributed by atoms with E-state index < -0.39 is 0 Å². The van der Waals surface area contributed by atoms with Crippen LogP contribution in [0.15, 0.2) is 42.5 Å². The molecule has 0 aliphatic heterocycles. The molecule has 0 spiro atoms. The van der Waals surface area contributed by atoms with Gasteiger partial charge in [-0.15, -0.1) is 0 Å². The van der Waals surface area contributed by atoms with Gasteiger partial charge in [-0.05, 0) is 48.4 Å². The Bertz CT molecular complexity index is 597. The molecular weight excluding hydrogens is 238 g/mol. The summed E-state index contributed by atoms with van der Waals surface area (Å²) in [6.07, 6.45) is 0. The number of benzene rings is 2. The second-order valence-electron chi connectivity index (χ2n) is 4.23. The van der Waals surface area contributed by atoms with E-state index in [9.17, 15) is 0 Å². The molecule has 2 rings (SSSR count). The molecule has 0 fully saturated rings. The van der Waals surface area contributed by atoms with E-state index in [0.29, 0.717) is 12.2 Å². The lowest BCUT2D eigenvalue weighted by molar-refractivity contribution is 0.305. The Labute approximate surface area is 113 Å². The highest BCUT2D eigenvalue weighted by atomic mass is 16.5. The SMILES string of the molecule is COc1ccc(COc2ccc(C#N)c(C)c2)cc1. The zero-order valence-corrected chi connectivity index (χ0v) is 11.0. The topological polar surface area (TPSA) is 42.2 Å². The fourth-order valence-electron chi connectivity index (χ4n) is 1.74. The molecule has 0 atom stereocenters. The lowest BCUT2D eigenvalue weighted by Crippen LogP contribution is -1.96. The average Bonchev–Trinajstić information content (AvgIpc) is 2.46. The highest BCUT2D eigenvalue weighted by molar-refractivity contribution is 5.41. The van der Waals surface area contributed by atoms with Gasteiger partial charge in [-0.3, -0.25) is 0 Å². The molecule has 0 N–H and O–H groups in total. The van der Waals surface area contributed by atoms with E-state index in [1.54, 1.807) is 13.2 Å². The predicted molar refractivity (Wildman–Crippen MR) is 73.2 cm³/mol. The van der Waals surface area contributed by atoms with Gasteiger partial charge in [0.25, 0.3) is 0 Å². The second kappa shape index (κ2) is 5.92. The minimum Gasteiger partial charge on any atom is -0.497 e. The summed E-state index contributed by atoms with van der Waals surface area (Å²) in [7, 11) is 1.64. The number of hydrogen-bond donors (Lipinski definition) is 0. The Morgan fingerprint density at radius 2 is 1.74 bits per heavy atom. The van der Waals surface area contributed by atoms with Crippen LogP contribution >= 0.6 is 0 Å². The van der Waals surface area contributed by atoms with Gasteiger partial charge in [0.2, 0.25) is 0 Å². The van der Waals surface area contributed by atoms with Crippen molar-refractivity contribution in [1.29, 1.82) is 5.26 Å². The van der Waals surface area contributed by atoms with Crippen molar-refractivity contribution in [2.45, 2.75) is 13.5 Å². The molecule has 0 heterocycles. The highest BCUT2D eigenvalue weighted by Gasteiger charge is 2.01.